The molecule has 2 rings (SSSR count). The summed E-state index contributed by atoms with van der Waals surface area (Å²) in [6, 6.07) is 15.0. The minimum atomic E-state index is -0.0921. The number of aromatic hydroxyl groups is 1. The van der Waals surface area contributed by atoms with Crippen molar-refractivity contribution in [1.29, 1.82) is 0 Å². The van der Waals surface area contributed by atoms with Crippen LogP contribution in [-0.2, 0) is 17.4 Å². The van der Waals surface area contributed by atoms with E-state index >= 15 is 0 Å². The van der Waals surface area contributed by atoms with Crippen LogP contribution in [0.15, 0.2) is 42.5 Å². The summed E-state index contributed by atoms with van der Waals surface area (Å²) in [5.41, 5.74) is 4.46. The summed E-state index contributed by atoms with van der Waals surface area (Å²) in [6.45, 7) is 15.9. The van der Waals surface area contributed by atoms with Crippen LogP contribution in [0.1, 0.15) is 76.8 Å². The average molecular weight is 340 g/mol. The van der Waals surface area contributed by atoms with Crippen LogP contribution in [0.5, 0.6) is 5.75 Å². The third-order valence-corrected chi connectivity index (χ3v) is 4.76. The monoisotopic (exact) mass is 339 g/mol. The highest BCUT2D eigenvalue weighted by molar-refractivity contribution is 5.48. The molecule has 0 aliphatic rings. The van der Waals surface area contributed by atoms with E-state index in [-0.39, 0.29) is 16.9 Å². The molecule has 2 heteroatoms. The largest absolute Gasteiger partial charge is 0.507 e. The van der Waals surface area contributed by atoms with Gasteiger partial charge < -0.3 is 10.4 Å². The number of rotatable bonds is 4. The summed E-state index contributed by atoms with van der Waals surface area (Å²) >= 11 is 0. The van der Waals surface area contributed by atoms with Gasteiger partial charge in [-0.1, -0.05) is 84.0 Å². The highest BCUT2D eigenvalue weighted by atomic mass is 16.3. The Labute approximate surface area is 153 Å². The molecule has 0 aliphatic heterocycles. The Bertz CT molecular complexity index is 705. The minimum absolute atomic E-state index is 0.0491. The molecule has 1 atom stereocenters. The molecular weight excluding hydrogens is 306 g/mol. The van der Waals surface area contributed by atoms with Gasteiger partial charge in [0.05, 0.1) is 0 Å². The predicted molar refractivity (Wildman–Crippen MR) is 107 cm³/mol. The van der Waals surface area contributed by atoms with Crippen molar-refractivity contribution in [3.63, 3.8) is 0 Å². The molecule has 2 aromatic rings. The molecule has 0 heterocycles. The fraction of sp³-hybridized carbons (Fsp3) is 0.478. The lowest BCUT2D eigenvalue weighted by Gasteiger charge is -2.28. The lowest BCUT2D eigenvalue weighted by Crippen LogP contribution is -2.21. The quantitative estimate of drug-likeness (QED) is 0.733. The van der Waals surface area contributed by atoms with Gasteiger partial charge >= 0.3 is 0 Å². The van der Waals surface area contributed by atoms with Crippen LogP contribution < -0.4 is 5.32 Å². The van der Waals surface area contributed by atoms with Crippen molar-refractivity contribution in [3.8, 4) is 5.75 Å². The molecule has 0 aliphatic carbocycles. The summed E-state index contributed by atoms with van der Waals surface area (Å²) in [7, 11) is 0. The van der Waals surface area contributed by atoms with E-state index in [9.17, 15) is 5.11 Å². The van der Waals surface area contributed by atoms with Crippen molar-refractivity contribution in [2.75, 3.05) is 0 Å². The zero-order valence-corrected chi connectivity index (χ0v) is 16.8. The second-order valence-corrected chi connectivity index (χ2v) is 9.04. The first-order chi connectivity index (χ1) is 11.5. The SMILES string of the molecule is CC(NCc1cc(C(C)(C)C)cc(C(C)(C)C)c1O)c1ccccc1. The Morgan fingerprint density at radius 3 is 2.04 bits per heavy atom. The Hall–Kier alpha value is -1.80. The molecule has 0 radical (unpaired) electrons. The van der Waals surface area contributed by atoms with E-state index in [1.165, 1.54) is 11.1 Å². The Kier molecular flexibility index (Phi) is 5.63. The number of nitrogens with one attached hydrogen (secondary N) is 1. The molecule has 0 bridgehead atoms. The van der Waals surface area contributed by atoms with Crippen LogP contribution in [0.25, 0.3) is 0 Å². The van der Waals surface area contributed by atoms with Crippen LogP contribution in [0, 0.1) is 0 Å². The van der Waals surface area contributed by atoms with Gasteiger partial charge in [-0.2, -0.15) is 0 Å². The molecule has 25 heavy (non-hydrogen) atoms. The molecule has 0 spiro atoms. The molecule has 0 amide bonds. The molecule has 0 aromatic heterocycles. The van der Waals surface area contributed by atoms with E-state index in [0.717, 1.165) is 11.1 Å². The molecule has 1 unspecified atom stereocenters. The number of benzene rings is 2. The zero-order valence-electron chi connectivity index (χ0n) is 16.8. The Morgan fingerprint density at radius 2 is 1.52 bits per heavy atom. The standard InChI is InChI=1S/C23H33NO/c1-16(17-11-9-8-10-12-17)24-15-18-13-19(22(2,3)4)14-20(21(18)25)23(5,6)7/h8-14,16,24-25H,15H2,1-7H3. The Morgan fingerprint density at radius 1 is 0.920 bits per heavy atom. The van der Waals surface area contributed by atoms with Crippen LogP contribution in [0.4, 0.5) is 0 Å². The van der Waals surface area contributed by atoms with Gasteiger partial charge in [0.15, 0.2) is 0 Å². The van der Waals surface area contributed by atoms with Crippen LogP contribution in [0.2, 0.25) is 0 Å². The van der Waals surface area contributed by atoms with E-state index in [0.29, 0.717) is 12.3 Å². The molecule has 0 saturated carbocycles. The van der Waals surface area contributed by atoms with Crippen LogP contribution >= 0.6 is 0 Å². The van der Waals surface area contributed by atoms with Crippen molar-refractivity contribution < 1.29 is 5.11 Å². The lowest BCUT2D eigenvalue weighted by molar-refractivity contribution is 0.432. The van der Waals surface area contributed by atoms with E-state index in [1.807, 2.05) is 6.07 Å². The highest BCUT2D eigenvalue weighted by Gasteiger charge is 2.25. The van der Waals surface area contributed by atoms with E-state index < -0.39 is 0 Å². The first kappa shape index (κ1) is 19.5. The van der Waals surface area contributed by atoms with Crippen molar-refractivity contribution in [3.05, 3.63) is 64.7 Å². The minimum Gasteiger partial charge on any atom is -0.507 e. The molecule has 136 valence electrons. The van der Waals surface area contributed by atoms with Crippen molar-refractivity contribution in [2.45, 2.75) is 71.9 Å². The second-order valence-electron chi connectivity index (χ2n) is 9.04. The van der Waals surface area contributed by atoms with Crippen LogP contribution in [0.3, 0.4) is 0 Å². The average Bonchev–Trinajstić information content (AvgIpc) is 2.52. The van der Waals surface area contributed by atoms with Crippen LogP contribution in [-0.4, -0.2) is 5.11 Å². The van der Waals surface area contributed by atoms with Gasteiger partial charge in [-0.25, -0.2) is 0 Å². The molecule has 2 nitrogen and oxygen atoms in total. The molecule has 2 aromatic carbocycles. The predicted octanol–water partition coefficient (Wildman–Crippen LogP) is 5.84. The summed E-state index contributed by atoms with van der Waals surface area (Å²) in [5, 5.41) is 14.4. The zero-order chi connectivity index (χ0) is 18.8. The van der Waals surface area contributed by atoms with Gasteiger partial charge in [0.2, 0.25) is 0 Å². The maximum Gasteiger partial charge on any atom is 0.123 e. The fourth-order valence-electron chi connectivity index (χ4n) is 2.96. The van der Waals surface area contributed by atoms with E-state index in [4.69, 9.17) is 0 Å². The number of phenolic OH excluding ortho intramolecular Hbond substituents is 1. The maximum absolute atomic E-state index is 10.9. The highest BCUT2D eigenvalue weighted by Crippen LogP contribution is 2.37. The fourth-order valence-corrected chi connectivity index (χ4v) is 2.96. The second kappa shape index (κ2) is 7.21. The molecule has 2 N–H and O–H groups in total. The number of phenols is 1. The van der Waals surface area contributed by atoms with Gasteiger partial charge in [0, 0.05) is 18.2 Å². The van der Waals surface area contributed by atoms with Gasteiger partial charge in [0.1, 0.15) is 5.75 Å². The van der Waals surface area contributed by atoms with Crippen molar-refractivity contribution in [2.24, 2.45) is 0 Å². The Balaban J connectivity index is 2.33. The van der Waals surface area contributed by atoms with E-state index in [2.05, 4.69) is 90.2 Å². The third-order valence-electron chi connectivity index (χ3n) is 4.76. The van der Waals surface area contributed by atoms with Gasteiger partial charge in [-0.3, -0.25) is 0 Å². The summed E-state index contributed by atoms with van der Waals surface area (Å²) in [6.07, 6.45) is 0. The van der Waals surface area contributed by atoms with Gasteiger partial charge in [0.25, 0.3) is 0 Å². The normalized spacial score (nSPS) is 13.7. The molecule has 0 saturated heterocycles. The summed E-state index contributed by atoms with van der Waals surface area (Å²) < 4.78 is 0. The third kappa shape index (κ3) is 4.85. The van der Waals surface area contributed by atoms with Gasteiger partial charge in [-0.05, 0) is 34.4 Å². The first-order valence-electron chi connectivity index (χ1n) is 9.15. The first-order valence-corrected chi connectivity index (χ1v) is 9.15. The lowest BCUT2D eigenvalue weighted by atomic mass is 9.79. The number of hydrogen-bond donors (Lipinski definition) is 2. The van der Waals surface area contributed by atoms with Crippen molar-refractivity contribution in [1.82, 2.24) is 5.32 Å². The topological polar surface area (TPSA) is 32.3 Å². The number of hydrogen-bond acceptors (Lipinski definition) is 2. The van der Waals surface area contributed by atoms with Crippen molar-refractivity contribution >= 4 is 0 Å². The van der Waals surface area contributed by atoms with E-state index in [1.54, 1.807) is 0 Å². The van der Waals surface area contributed by atoms with Gasteiger partial charge in [-0.15, -0.1) is 0 Å². The maximum atomic E-state index is 10.9. The summed E-state index contributed by atoms with van der Waals surface area (Å²) in [5.74, 6) is 0.424. The molecule has 0 fully saturated rings. The molecular formula is C23H33NO. The summed E-state index contributed by atoms with van der Waals surface area (Å²) in [4.78, 5) is 0. The smallest absolute Gasteiger partial charge is 0.123 e.